The van der Waals surface area contributed by atoms with Gasteiger partial charge < -0.3 is 10.6 Å². The van der Waals surface area contributed by atoms with Gasteiger partial charge in [0.1, 0.15) is 0 Å². The predicted molar refractivity (Wildman–Crippen MR) is 110 cm³/mol. The second-order valence-corrected chi connectivity index (χ2v) is 6.44. The van der Waals surface area contributed by atoms with Gasteiger partial charge in [0.15, 0.2) is 0 Å². The fraction of sp³-hybridized carbons (Fsp3) is 0.0909. The molecule has 0 saturated heterocycles. The summed E-state index contributed by atoms with van der Waals surface area (Å²) in [6.45, 7) is 1.90. The summed E-state index contributed by atoms with van der Waals surface area (Å²) in [5.74, 6) is -0.678. The topological polar surface area (TPSA) is 101 Å². The van der Waals surface area contributed by atoms with Crippen molar-refractivity contribution in [3.8, 4) is 0 Å². The van der Waals surface area contributed by atoms with E-state index in [1.54, 1.807) is 24.3 Å². The van der Waals surface area contributed by atoms with Crippen LogP contribution >= 0.6 is 0 Å². The molecule has 1 unspecified atom stereocenters. The molecule has 3 aromatic carbocycles. The van der Waals surface area contributed by atoms with Crippen LogP contribution in [-0.2, 0) is 0 Å². The van der Waals surface area contributed by atoms with Crippen LogP contribution in [0.15, 0.2) is 78.9 Å². The lowest BCUT2D eigenvalue weighted by molar-refractivity contribution is -0.384. The first-order valence-electron chi connectivity index (χ1n) is 8.96. The summed E-state index contributed by atoms with van der Waals surface area (Å²) >= 11 is 0. The number of hydrogen-bond acceptors (Lipinski definition) is 4. The zero-order valence-electron chi connectivity index (χ0n) is 15.7. The molecule has 0 bridgehead atoms. The van der Waals surface area contributed by atoms with Gasteiger partial charge in [0.25, 0.3) is 17.5 Å². The molecule has 3 rings (SSSR count). The van der Waals surface area contributed by atoms with Crippen LogP contribution in [0.25, 0.3) is 0 Å². The maximum Gasteiger partial charge on any atom is 0.269 e. The number of carbonyl (C=O) groups excluding carboxylic acids is 2. The Hall–Kier alpha value is -4.00. The summed E-state index contributed by atoms with van der Waals surface area (Å²) in [6, 6.07) is 21.3. The van der Waals surface area contributed by atoms with Gasteiger partial charge in [-0.15, -0.1) is 0 Å². The standard InChI is InChI=1S/C22H19N3O4/c1-15(16-6-3-2-4-7-16)23-22(27)18-8-5-9-19(14-18)24-21(26)17-10-12-20(13-11-17)25(28)29/h2-15H,1H3,(H,23,27)(H,24,26). The van der Waals surface area contributed by atoms with E-state index in [4.69, 9.17) is 0 Å². The van der Waals surface area contributed by atoms with Crippen LogP contribution in [0.1, 0.15) is 39.2 Å². The van der Waals surface area contributed by atoms with Crippen LogP contribution in [0.2, 0.25) is 0 Å². The number of nitrogens with zero attached hydrogens (tertiary/aromatic N) is 1. The van der Waals surface area contributed by atoms with Gasteiger partial charge in [0, 0.05) is 28.9 Å². The lowest BCUT2D eigenvalue weighted by atomic mass is 10.1. The van der Waals surface area contributed by atoms with Crippen molar-refractivity contribution in [1.82, 2.24) is 5.32 Å². The molecule has 1 atom stereocenters. The zero-order chi connectivity index (χ0) is 20.8. The van der Waals surface area contributed by atoms with Crippen molar-refractivity contribution < 1.29 is 14.5 Å². The monoisotopic (exact) mass is 389 g/mol. The highest BCUT2D eigenvalue weighted by Gasteiger charge is 2.13. The number of amides is 2. The fourth-order valence-electron chi connectivity index (χ4n) is 2.78. The van der Waals surface area contributed by atoms with E-state index in [1.807, 2.05) is 37.3 Å². The minimum Gasteiger partial charge on any atom is -0.346 e. The molecule has 146 valence electrons. The Morgan fingerprint density at radius 3 is 2.21 bits per heavy atom. The van der Waals surface area contributed by atoms with Crippen LogP contribution in [0.4, 0.5) is 11.4 Å². The molecule has 0 aliphatic heterocycles. The van der Waals surface area contributed by atoms with Crippen molar-refractivity contribution in [1.29, 1.82) is 0 Å². The number of benzene rings is 3. The Bertz CT molecular complexity index is 1030. The highest BCUT2D eigenvalue weighted by Crippen LogP contribution is 2.17. The van der Waals surface area contributed by atoms with E-state index in [2.05, 4.69) is 10.6 Å². The lowest BCUT2D eigenvalue weighted by Crippen LogP contribution is -2.26. The Morgan fingerprint density at radius 1 is 0.862 bits per heavy atom. The Balaban J connectivity index is 1.68. The second-order valence-electron chi connectivity index (χ2n) is 6.44. The van der Waals surface area contributed by atoms with Gasteiger partial charge in [0.05, 0.1) is 11.0 Å². The van der Waals surface area contributed by atoms with Crippen LogP contribution in [0.3, 0.4) is 0 Å². The molecule has 7 nitrogen and oxygen atoms in total. The number of anilines is 1. The highest BCUT2D eigenvalue weighted by molar-refractivity contribution is 6.05. The molecule has 3 aromatic rings. The van der Waals surface area contributed by atoms with E-state index in [-0.39, 0.29) is 23.2 Å². The van der Waals surface area contributed by atoms with E-state index >= 15 is 0 Å². The van der Waals surface area contributed by atoms with Gasteiger partial charge in [0.2, 0.25) is 0 Å². The van der Waals surface area contributed by atoms with Crippen molar-refractivity contribution >= 4 is 23.2 Å². The molecular weight excluding hydrogens is 370 g/mol. The first-order chi connectivity index (χ1) is 13.9. The molecule has 0 heterocycles. The molecule has 0 aliphatic carbocycles. The first-order valence-corrected chi connectivity index (χ1v) is 8.96. The quantitative estimate of drug-likeness (QED) is 0.484. The number of hydrogen-bond donors (Lipinski definition) is 2. The number of non-ortho nitro benzene ring substituents is 1. The molecule has 2 N–H and O–H groups in total. The zero-order valence-corrected chi connectivity index (χ0v) is 15.7. The van der Waals surface area contributed by atoms with Crippen molar-refractivity contribution in [3.05, 3.63) is 106 Å². The Labute approximate surface area is 167 Å². The smallest absolute Gasteiger partial charge is 0.269 e. The third kappa shape index (κ3) is 5.04. The normalized spacial score (nSPS) is 11.3. The van der Waals surface area contributed by atoms with Gasteiger partial charge in [-0.3, -0.25) is 19.7 Å². The van der Waals surface area contributed by atoms with Gasteiger partial charge in [-0.25, -0.2) is 0 Å². The summed E-state index contributed by atoms with van der Waals surface area (Å²) in [7, 11) is 0. The maximum atomic E-state index is 12.6. The average molecular weight is 389 g/mol. The van der Waals surface area contributed by atoms with E-state index in [0.29, 0.717) is 11.3 Å². The van der Waals surface area contributed by atoms with E-state index < -0.39 is 10.8 Å². The van der Waals surface area contributed by atoms with Gasteiger partial charge in [-0.2, -0.15) is 0 Å². The van der Waals surface area contributed by atoms with Crippen molar-refractivity contribution in [2.75, 3.05) is 5.32 Å². The largest absolute Gasteiger partial charge is 0.346 e. The Morgan fingerprint density at radius 2 is 1.55 bits per heavy atom. The van der Waals surface area contributed by atoms with E-state index in [0.717, 1.165) is 5.56 Å². The molecule has 0 fully saturated rings. The maximum absolute atomic E-state index is 12.6. The van der Waals surface area contributed by atoms with Crippen LogP contribution < -0.4 is 10.6 Å². The van der Waals surface area contributed by atoms with Gasteiger partial charge >= 0.3 is 0 Å². The minimum atomic E-state index is -0.528. The van der Waals surface area contributed by atoms with Crippen molar-refractivity contribution in [2.24, 2.45) is 0 Å². The number of nitro groups is 1. The number of nitro benzene ring substituents is 1. The molecule has 29 heavy (non-hydrogen) atoms. The van der Waals surface area contributed by atoms with Crippen LogP contribution in [0.5, 0.6) is 0 Å². The third-order valence-electron chi connectivity index (χ3n) is 4.37. The fourth-order valence-corrected chi connectivity index (χ4v) is 2.78. The Kier molecular flexibility index (Phi) is 5.99. The molecule has 0 saturated carbocycles. The summed E-state index contributed by atoms with van der Waals surface area (Å²) in [5.41, 5.74) is 2.04. The minimum absolute atomic E-state index is 0.0900. The first kappa shape index (κ1) is 19.8. The van der Waals surface area contributed by atoms with E-state index in [1.165, 1.54) is 24.3 Å². The van der Waals surface area contributed by atoms with Crippen LogP contribution in [-0.4, -0.2) is 16.7 Å². The number of carbonyl (C=O) groups is 2. The van der Waals surface area contributed by atoms with Crippen molar-refractivity contribution in [3.63, 3.8) is 0 Å². The molecule has 0 spiro atoms. The summed E-state index contributed by atoms with van der Waals surface area (Å²) < 4.78 is 0. The lowest BCUT2D eigenvalue weighted by Gasteiger charge is -2.15. The molecule has 7 heteroatoms. The molecule has 2 amide bonds. The third-order valence-corrected chi connectivity index (χ3v) is 4.37. The van der Waals surface area contributed by atoms with Crippen molar-refractivity contribution in [2.45, 2.75) is 13.0 Å². The summed E-state index contributed by atoms with van der Waals surface area (Å²) in [5, 5.41) is 16.3. The predicted octanol–water partition coefficient (Wildman–Crippen LogP) is 4.34. The molecule has 0 radical (unpaired) electrons. The van der Waals surface area contributed by atoms with Gasteiger partial charge in [-0.05, 0) is 42.8 Å². The average Bonchev–Trinajstić information content (AvgIpc) is 2.74. The van der Waals surface area contributed by atoms with E-state index in [9.17, 15) is 19.7 Å². The molecular formula is C22H19N3O4. The summed E-state index contributed by atoms with van der Waals surface area (Å²) in [6.07, 6.45) is 0. The number of nitrogens with one attached hydrogen (secondary N) is 2. The molecule has 0 aromatic heterocycles. The highest BCUT2D eigenvalue weighted by atomic mass is 16.6. The SMILES string of the molecule is CC(NC(=O)c1cccc(NC(=O)c2ccc([N+](=O)[O-])cc2)c1)c1ccccc1. The number of rotatable bonds is 6. The van der Waals surface area contributed by atoms with Crippen LogP contribution in [0, 0.1) is 10.1 Å². The van der Waals surface area contributed by atoms with Gasteiger partial charge in [-0.1, -0.05) is 36.4 Å². The second kappa shape index (κ2) is 8.79. The summed E-state index contributed by atoms with van der Waals surface area (Å²) in [4.78, 5) is 35.1. The molecule has 0 aliphatic rings.